The number of rotatable bonds is 4. The Morgan fingerprint density at radius 3 is 2.48 bits per heavy atom. The molecule has 1 amide bonds. The molecule has 0 bridgehead atoms. The van der Waals surface area contributed by atoms with Crippen LogP contribution in [0.15, 0.2) is 30.3 Å². The number of benzene rings is 1. The van der Waals surface area contributed by atoms with E-state index >= 15 is 0 Å². The van der Waals surface area contributed by atoms with E-state index in [1.807, 2.05) is 6.07 Å². The van der Waals surface area contributed by atoms with Crippen LogP contribution in [-0.2, 0) is 14.3 Å². The second-order valence-electron chi connectivity index (χ2n) is 5.37. The van der Waals surface area contributed by atoms with Gasteiger partial charge in [-0.25, -0.2) is 4.79 Å². The van der Waals surface area contributed by atoms with Gasteiger partial charge in [-0.3, -0.25) is 4.79 Å². The minimum atomic E-state index is -1.31. The van der Waals surface area contributed by atoms with Crippen molar-refractivity contribution in [1.29, 1.82) is 0 Å². The Labute approximate surface area is 124 Å². The number of hydrogen-bond acceptors (Lipinski definition) is 4. The third-order valence-electron chi connectivity index (χ3n) is 3.60. The van der Waals surface area contributed by atoms with E-state index in [4.69, 9.17) is 9.47 Å². The molecule has 1 aromatic rings. The number of ether oxygens (including phenoxy) is 2. The maximum absolute atomic E-state index is 12.6. The molecule has 1 fully saturated rings. The largest absolute Gasteiger partial charge is 0.459 e. The first-order chi connectivity index (χ1) is 10.0. The highest BCUT2D eigenvalue weighted by Crippen LogP contribution is 2.33. The van der Waals surface area contributed by atoms with Crippen LogP contribution in [-0.4, -0.2) is 42.3 Å². The molecule has 0 saturated carbocycles. The third kappa shape index (κ3) is 2.93. The SMILES string of the molecule is CO[C@@]1(C(=O)OC(C)C)CCCN1C(=O)c1ccccc1. The lowest BCUT2D eigenvalue weighted by molar-refractivity contribution is -0.188. The molecule has 0 aliphatic carbocycles. The Balaban J connectivity index is 2.29. The maximum Gasteiger partial charge on any atom is 0.360 e. The van der Waals surface area contributed by atoms with Crippen molar-refractivity contribution < 1.29 is 19.1 Å². The first-order valence-corrected chi connectivity index (χ1v) is 7.14. The van der Waals surface area contributed by atoms with E-state index in [0.29, 0.717) is 24.9 Å². The number of carbonyl (C=O) groups is 2. The molecule has 114 valence electrons. The number of carbonyl (C=O) groups excluding carboxylic acids is 2. The van der Waals surface area contributed by atoms with Gasteiger partial charge in [0.25, 0.3) is 5.91 Å². The Morgan fingerprint density at radius 2 is 1.90 bits per heavy atom. The summed E-state index contributed by atoms with van der Waals surface area (Å²) in [6, 6.07) is 8.90. The standard InChI is InChI=1S/C16H21NO4/c1-12(2)21-15(19)16(20-3)10-7-11-17(16)14(18)13-8-5-4-6-9-13/h4-6,8-9,12H,7,10-11H2,1-3H3/t16-/m1/s1. The first-order valence-electron chi connectivity index (χ1n) is 7.14. The number of methoxy groups -OCH3 is 1. The quantitative estimate of drug-likeness (QED) is 0.798. The van der Waals surface area contributed by atoms with Crippen LogP contribution in [0.5, 0.6) is 0 Å². The minimum absolute atomic E-state index is 0.212. The zero-order valence-corrected chi connectivity index (χ0v) is 12.7. The van der Waals surface area contributed by atoms with Gasteiger partial charge >= 0.3 is 5.97 Å². The zero-order chi connectivity index (χ0) is 15.5. The molecular weight excluding hydrogens is 270 g/mol. The number of esters is 1. The van der Waals surface area contributed by atoms with E-state index in [1.54, 1.807) is 38.1 Å². The fourth-order valence-electron chi connectivity index (χ4n) is 2.61. The summed E-state index contributed by atoms with van der Waals surface area (Å²) < 4.78 is 10.7. The predicted molar refractivity (Wildman–Crippen MR) is 77.7 cm³/mol. The van der Waals surface area contributed by atoms with Crippen LogP contribution in [0.1, 0.15) is 37.0 Å². The lowest BCUT2D eigenvalue weighted by Crippen LogP contribution is -2.55. The van der Waals surface area contributed by atoms with E-state index in [-0.39, 0.29) is 12.0 Å². The van der Waals surface area contributed by atoms with Crippen LogP contribution >= 0.6 is 0 Å². The Kier molecular flexibility index (Phi) is 4.63. The topological polar surface area (TPSA) is 55.8 Å². The molecule has 5 heteroatoms. The van der Waals surface area contributed by atoms with Gasteiger partial charge in [0.2, 0.25) is 5.72 Å². The first kappa shape index (κ1) is 15.5. The van der Waals surface area contributed by atoms with Crippen molar-refractivity contribution >= 4 is 11.9 Å². The molecule has 0 radical (unpaired) electrons. The molecule has 5 nitrogen and oxygen atoms in total. The van der Waals surface area contributed by atoms with Crippen molar-refractivity contribution in [2.75, 3.05) is 13.7 Å². The lowest BCUT2D eigenvalue weighted by atomic mass is 10.1. The van der Waals surface area contributed by atoms with E-state index in [9.17, 15) is 9.59 Å². The molecule has 2 rings (SSSR count). The van der Waals surface area contributed by atoms with E-state index in [0.717, 1.165) is 0 Å². The molecule has 1 aliphatic heterocycles. The summed E-state index contributed by atoms with van der Waals surface area (Å²) in [5, 5.41) is 0. The van der Waals surface area contributed by atoms with Gasteiger partial charge in [0.1, 0.15) is 0 Å². The molecule has 1 heterocycles. The van der Waals surface area contributed by atoms with Gasteiger partial charge in [-0.2, -0.15) is 0 Å². The molecule has 0 N–H and O–H groups in total. The molecule has 0 aromatic heterocycles. The fraction of sp³-hybridized carbons (Fsp3) is 0.500. The Morgan fingerprint density at radius 1 is 1.24 bits per heavy atom. The number of amides is 1. The van der Waals surface area contributed by atoms with Crippen molar-refractivity contribution in [3.8, 4) is 0 Å². The predicted octanol–water partition coefficient (Wildman–Crippen LogP) is 2.22. The van der Waals surface area contributed by atoms with Gasteiger partial charge < -0.3 is 14.4 Å². The molecule has 1 atom stereocenters. The van der Waals surface area contributed by atoms with Crippen LogP contribution in [0.25, 0.3) is 0 Å². The summed E-state index contributed by atoms with van der Waals surface area (Å²) in [5.74, 6) is -0.711. The van der Waals surface area contributed by atoms with Gasteiger partial charge in [0.05, 0.1) is 6.10 Å². The molecule has 21 heavy (non-hydrogen) atoms. The number of likely N-dealkylation sites (tertiary alicyclic amines) is 1. The second kappa shape index (κ2) is 6.26. The van der Waals surface area contributed by atoms with Crippen molar-refractivity contribution in [2.45, 2.75) is 38.5 Å². The van der Waals surface area contributed by atoms with Crippen molar-refractivity contribution in [1.82, 2.24) is 4.90 Å². The zero-order valence-electron chi connectivity index (χ0n) is 12.7. The van der Waals surface area contributed by atoms with Gasteiger partial charge in [-0.1, -0.05) is 18.2 Å². The molecule has 1 aromatic carbocycles. The second-order valence-corrected chi connectivity index (χ2v) is 5.37. The van der Waals surface area contributed by atoms with E-state index in [2.05, 4.69) is 0 Å². The maximum atomic E-state index is 12.6. The number of hydrogen-bond donors (Lipinski definition) is 0. The van der Waals surface area contributed by atoms with Crippen LogP contribution in [0, 0.1) is 0 Å². The van der Waals surface area contributed by atoms with Crippen molar-refractivity contribution in [3.63, 3.8) is 0 Å². The molecule has 1 aliphatic rings. The summed E-state index contributed by atoms with van der Waals surface area (Å²) in [6.45, 7) is 4.04. The van der Waals surface area contributed by atoms with Crippen LogP contribution in [0.3, 0.4) is 0 Å². The highest BCUT2D eigenvalue weighted by Gasteiger charge is 2.52. The molecule has 1 saturated heterocycles. The van der Waals surface area contributed by atoms with Gasteiger partial charge in [0.15, 0.2) is 0 Å². The van der Waals surface area contributed by atoms with Gasteiger partial charge in [-0.05, 0) is 32.4 Å². The van der Waals surface area contributed by atoms with Crippen LogP contribution in [0.2, 0.25) is 0 Å². The average molecular weight is 291 g/mol. The summed E-state index contributed by atoms with van der Waals surface area (Å²) >= 11 is 0. The molecular formula is C16H21NO4. The summed E-state index contributed by atoms with van der Waals surface area (Å²) in [4.78, 5) is 26.5. The summed E-state index contributed by atoms with van der Waals surface area (Å²) in [5.41, 5.74) is -0.768. The van der Waals surface area contributed by atoms with Crippen molar-refractivity contribution in [2.24, 2.45) is 0 Å². The van der Waals surface area contributed by atoms with Crippen LogP contribution < -0.4 is 0 Å². The smallest absolute Gasteiger partial charge is 0.360 e. The Hall–Kier alpha value is -1.88. The monoisotopic (exact) mass is 291 g/mol. The summed E-state index contributed by atoms with van der Waals surface area (Å²) in [7, 11) is 1.44. The molecule has 0 unspecified atom stereocenters. The molecule has 0 spiro atoms. The van der Waals surface area contributed by atoms with Gasteiger partial charge in [-0.15, -0.1) is 0 Å². The average Bonchev–Trinajstić information content (AvgIpc) is 2.91. The highest BCUT2D eigenvalue weighted by molar-refractivity contribution is 5.98. The third-order valence-corrected chi connectivity index (χ3v) is 3.60. The normalized spacial score (nSPS) is 21.6. The number of nitrogens with zero attached hydrogens (tertiary/aromatic N) is 1. The van der Waals surface area contributed by atoms with E-state index in [1.165, 1.54) is 12.0 Å². The lowest BCUT2D eigenvalue weighted by Gasteiger charge is -2.35. The highest BCUT2D eigenvalue weighted by atomic mass is 16.6. The van der Waals surface area contributed by atoms with Crippen molar-refractivity contribution in [3.05, 3.63) is 35.9 Å². The van der Waals surface area contributed by atoms with Gasteiger partial charge in [0, 0.05) is 25.6 Å². The van der Waals surface area contributed by atoms with E-state index < -0.39 is 11.7 Å². The minimum Gasteiger partial charge on any atom is -0.459 e. The Bertz CT molecular complexity index is 514. The summed E-state index contributed by atoms with van der Waals surface area (Å²) in [6.07, 6.45) is 0.909. The fourth-order valence-corrected chi connectivity index (χ4v) is 2.61. The van der Waals surface area contributed by atoms with Crippen LogP contribution in [0.4, 0.5) is 0 Å².